The molecule has 0 aliphatic heterocycles. The van der Waals surface area contributed by atoms with E-state index in [0.29, 0.717) is 18.5 Å². The molecule has 0 fully saturated rings. The molecule has 4 nitrogen and oxygen atoms in total. The van der Waals surface area contributed by atoms with Crippen LogP contribution in [0.15, 0.2) is 24.3 Å². The molecule has 0 radical (unpaired) electrons. The predicted octanol–water partition coefficient (Wildman–Crippen LogP) is 1.97. The maximum absolute atomic E-state index is 12.1. The number of benzene rings is 1. The van der Waals surface area contributed by atoms with Gasteiger partial charge in [-0.3, -0.25) is 4.79 Å². The second-order valence-electron chi connectivity index (χ2n) is 4.62. The number of nitrogens with one attached hydrogen (secondary N) is 1. The van der Waals surface area contributed by atoms with Crippen LogP contribution in [0, 0.1) is 5.92 Å². The fourth-order valence-corrected chi connectivity index (χ4v) is 1.69. The molecule has 1 unspecified atom stereocenters. The Morgan fingerprint density at radius 2 is 2.20 bits per heavy atom. The van der Waals surface area contributed by atoms with Gasteiger partial charge in [0, 0.05) is 13.2 Å². The summed E-state index contributed by atoms with van der Waals surface area (Å²) in [6.07, 6.45) is 0.726. The quantitative estimate of drug-likeness (QED) is 0.768. The second-order valence-corrected chi connectivity index (χ2v) is 4.62. The molecule has 1 amide bonds. The van der Waals surface area contributed by atoms with Crippen LogP contribution in [0.4, 0.5) is 8.78 Å². The molecule has 1 rings (SSSR count). The van der Waals surface area contributed by atoms with Crippen molar-refractivity contribution in [1.29, 1.82) is 0 Å². The molecule has 20 heavy (non-hydrogen) atoms. The molecule has 0 aromatic heterocycles. The molecule has 0 spiro atoms. The van der Waals surface area contributed by atoms with Gasteiger partial charge in [0.25, 0.3) is 0 Å². The third-order valence-corrected chi connectivity index (χ3v) is 2.76. The Labute approximate surface area is 116 Å². The van der Waals surface area contributed by atoms with Gasteiger partial charge in [-0.1, -0.05) is 19.1 Å². The number of amides is 1. The molecular formula is C14H19F2NO3. The van der Waals surface area contributed by atoms with Crippen LogP contribution in [0.2, 0.25) is 0 Å². The van der Waals surface area contributed by atoms with Gasteiger partial charge in [0.1, 0.15) is 5.75 Å². The Morgan fingerprint density at radius 1 is 1.45 bits per heavy atom. The van der Waals surface area contributed by atoms with E-state index in [9.17, 15) is 13.6 Å². The lowest BCUT2D eigenvalue weighted by Crippen LogP contribution is -2.29. The number of alkyl halides is 2. The summed E-state index contributed by atoms with van der Waals surface area (Å²) in [5, 5.41) is 11.5. The molecule has 1 atom stereocenters. The molecule has 2 N–H and O–H groups in total. The molecule has 6 heteroatoms. The second kappa shape index (κ2) is 8.47. The molecule has 1 aromatic carbocycles. The number of hydrogen-bond acceptors (Lipinski definition) is 3. The van der Waals surface area contributed by atoms with Gasteiger partial charge in [-0.2, -0.15) is 8.78 Å². The van der Waals surface area contributed by atoms with E-state index >= 15 is 0 Å². The van der Waals surface area contributed by atoms with Crippen molar-refractivity contribution in [3.05, 3.63) is 29.8 Å². The highest BCUT2D eigenvalue weighted by molar-refractivity contribution is 5.78. The molecular weight excluding hydrogens is 268 g/mol. The number of aliphatic hydroxyl groups is 1. The van der Waals surface area contributed by atoms with E-state index < -0.39 is 6.61 Å². The van der Waals surface area contributed by atoms with E-state index in [1.165, 1.54) is 12.1 Å². The lowest BCUT2D eigenvalue weighted by molar-refractivity contribution is -0.120. The summed E-state index contributed by atoms with van der Waals surface area (Å²) in [5.41, 5.74) is 0.607. The average Bonchev–Trinajstić information content (AvgIpc) is 2.36. The van der Waals surface area contributed by atoms with Crippen LogP contribution >= 0.6 is 0 Å². The first kappa shape index (κ1) is 16.4. The Kier molecular flexibility index (Phi) is 6.93. The Balaban J connectivity index is 2.45. The molecule has 1 aromatic rings. The van der Waals surface area contributed by atoms with Gasteiger partial charge in [0.15, 0.2) is 0 Å². The lowest BCUT2D eigenvalue weighted by atomic mass is 10.1. The van der Waals surface area contributed by atoms with Crippen molar-refractivity contribution in [2.75, 3.05) is 13.2 Å². The molecule has 112 valence electrons. The smallest absolute Gasteiger partial charge is 0.387 e. The van der Waals surface area contributed by atoms with E-state index in [0.717, 1.165) is 0 Å². The van der Waals surface area contributed by atoms with Gasteiger partial charge in [0.2, 0.25) is 5.91 Å². The highest BCUT2D eigenvalue weighted by Crippen LogP contribution is 2.16. The van der Waals surface area contributed by atoms with Crippen LogP contribution in [0.3, 0.4) is 0 Å². The first-order valence-electron chi connectivity index (χ1n) is 6.42. The van der Waals surface area contributed by atoms with Crippen molar-refractivity contribution < 1.29 is 23.4 Å². The molecule has 0 bridgehead atoms. The monoisotopic (exact) mass is 287 g/mol. The summed E-state index contributed by atoms with van der Waals surface area (Å²) < 4.78 is 28.4. The van der Waals surface area contributed by atoms with Crippen molar-refractivity contribution in [1.82, 2.24) is 5.32 Å². The summed E-state index contributed by atoms with van der Waals surface area (Å²) in [4.78, 5) is 11.7. The number of ether oxygens (including phenoxy) is 1. The van der Waals surface area contributed by atoms with Crippen molar-refractivity contribution in [3.8, 4) is 5.75 Å². The fraction of sp³-hybridized carbons (Fsp3) is 0.500. The zero-order chi connectivity index (χ0) is 15.0. The highest BCUT2D eigenvalue weighted by atomic mass is 19.3. The van der Waals surface area contributed by atoms with E-state index in [1.54, 1.807) is 12.1 Å². The Morgan fingerprint density at radius 3 is 2.85 bits per heavy atom. The van der Waals surface area contributed by atoms with Gasteiger partial charge in [0.05, 0.1) is 6.42 Å². The predicted molar refractivity (Wildman–Crippen MR) is 70.7 cm³/mol. The van der Waals surface area contributed by atoms with E-state index in [1.807, 2.05) is 6.92 Å². The van der Waals surface area contributed by atoms with Crippen LogP contribution in [-0.2, 0) is 11.2 Å². The van der Waals surface area contributed by atoms with Gasteiger partial charge in [-0.15, -0.1) is 0 Å². The van der Waals surface area contributed by atoms with Crippen molar-refractivity contribution in [3.63, 3.8) is 0 Å². The van der Waals surface area contributed by atoms with Crippen molar-refractivity contribution >= 4 is 5.91 Å². The topological polar surface area (TPSA) is 58.6 Å². The van der Waals surface area contributed by atoms with Gasteiger partial charge >= 0.3 is 6.61 Å². The third kappa shape index (κ3) is 6.47. The maximum Gasteiger partial charge on any atom is 0.387 e. The number of carbonyl (C=O) groups excluding carboxylic acids is 1. The summed E-state index contributed by atoms with van der Waals surface area (Å²) in [5.74, 6) is 0.0420. The zero-order valence-electron chi connectivity index (χ0n) is 11.3. The van der Waals surface area contributed by atoms with Gasteiger partial charge in [-0.25, -0.2) is 0 Å². The number of rotatable bonds is 8. The van der Waals surface area contributed by atoms with Crippen LogP contribution in [-0.4, -0.2) is 30.8 Å². The minimum absolute atomic E-state index is 0.0407. The van der Waals surface area contributed by atoms with Gasteiger partial charge in [-0.05, 0) is 30.0 Å². The average molecular weight is 287 g/mol. The van der Waals surface area contributed by atoms with Crippen LogP contribution in [0.1, 0.15) is 18.9 Å². The Bertz CT molecular complexity index is 427. The number of carbonyl (C=O) groups is 1. The standard InChI is InChI=1S/C14H19F2NO3/c1-10(5-6-18)9-17-13(19)8-11-3-2-4-12(7-11)20-14(15)16/h2-4,7,10,14,18H,5-6,8-9H2,1H3,(H,17,19). The minimum Gasteiger partial charge on any atom is -0.435 e. The normalized spacial score (nSPS) is 12.2. The van der Waals surface area contributed by atoms with E-state index in [4.69, 9.17) is 5.11 Å². The number of aliphatic hydroxyl groups excluding tert-OH is 1. The van der Waals surface area contributed by atoms with E-state index in [2.05, 4.69) is 10.1 Å². The van der Waals surface area contributed by atoms with Crippen LogP contribution < -0.4 is 10.1 Å². The third-order valence-electron chi connectivity index (χ3n) is 2.76. The number of halogens is 2. The molecule has 0 aliphatic rings. The molecule has 0 heterocycles. The first-order valence-corrected chi connectivity index (χ1v) is 6.42. The summed E-state index contributed by atoms with van der Waals surface area (Å²) >= 11 is 0. The Hall–Kier alpha value is -1.69. The van der Waals surface area contributed by atoms with E-state index in [-0.39, 0.29) is 30.6 Å². The van der Waals surface area contributed by atoms with Crippen molar-refractivity contribution in [2.24, 2.45) is 5.92 Å². The molecule has 0 aliphatic carbocycles. The lowest BCUT2D eigenvalue weighted by Gasteiger charge is -2.11. The summed E-state index contributed by atoms with van der Waals surface area (Å²) in [7, 11) is 0. The maximum atomic E-state index is 12.1. The van der Waals surface area contributed by atoms with Crippen LogP contribution in [0.25, 0.3) is 0 Å². The fourth-order valence-electron chi connectivity index (χ4n) is 1.69. The van der Waals surface area contributed by atoms with Crippen molar-refractivity contribution in [2.45, 2.75) is 26.4 Å². The van der Waals surface area contributed by atoms with Crippen LogP contribution in [0.5, 0.6) is 5.75 Å². The minimum atomic E-state index is -2.88. The number of hydrogen-bond donors (Lipinski definition) is 2. The zero-order valence-corrected chi connectivity index (χ0v) is 11.3. The highest BCUT2D eigenvalue weighted by Gasteiger charge is 2.08. The van der Waals surface area contributed by atoms with Gasteiger partial charge < -0.3 is 15.2 Å². The first-order chi connectivity index (χ1) is 9.51. The molecule has 0 saturated heterocycles. The molecule has 0 saturated carbocycles. The largest absolute Gasteiger partial charge is 0.435 e. The summed E-state index contributed by atoms with van der Waals surface area (Å²) in [6.45, 7) is -0.386. The summed E-state index contributed by atoms with van der Waals surface area (Å²) in [6, 6.07) is 6.07. The SMILES string of the molecule is CC(CCO)CNC(=O)Cc1cccc(OC(F)F)c1.